The number of hydrogen-bond acceptors (Lipinski definition) is 4. The molecule has 5 nitrogen and oxygen atoms in total. The number of rotatable bonds is 8. The van der Waals surface area contributed by atoms with Crippen molar-refractivity contribution in [2.45, 2.75) is 32.6 Å². The first-order chi connectivity index (χ1) is 13.0. The van der Waals surface area contributed by atoms with Crippen LogP contribution in [0.15, 0.2) is 54.6 Å². The average Bonchev–Trinajstić information content (AvgIpc) is 2.69. The van der Waals surface area contributed by atoms with Crippen LogP contribution in [0.2, 0.25) is 0 Å². The number of nitriles is 1. The average molecular weight is 364 g/mol. The fraction of sp³-hybridized carbons (Fsp3) is 0.318. The Morgan fingerprint density at radius 3 is 2.37 bits per heavy atom. The molecule has 2 atom stereocenters. The number of benzene rings is 2. The molecule has 0 saturated heterocycles. The highest BCUT2D eigenvalue weighted by Crippen LogP contribution is 2.28. The largest absolute Gasteiger partial charge is 0.455 e. The predicted octanol–water partition coefficient (Wildman–Crippen LogP) is 4.06. The van der Waals surface area contributed by atoms with Crippen LogP contribution in [0.5, 0.6) is 0 Å². The standard InChI is InChI=1S/C22H24N2O3/c1-3-16(2)21(18-7-5-4-6-8-18)22(26)27-15-20(25)24-19-11-9-17(10-12-19)13-14-23/h4-12,16,21H,3,13,15H2,1-2H3,(H,24,25)/t16-,21+/m0/s1. The number of anilines is 1. The van der Waals surface area contributed by atoms with Crippen molar-refractivity contribution in [3.8, 4) is 6.07 Å². The summed E-state index contributed by atoms with van der Waals surface area (Å²) in [4.78, 5) is 24.7. The molecule has 0 bridgehead atoms. The quantitative estimate of drug-likeness (QED) is 0.716. The number of amides is 1. The molecule has 0 aliphatic carbocycles. The van der Waals surface area contributed by atoms with E-state index in [9.17, 15) is 9.59 Å². The molecular formula is C22H24N2O3. The SMILES string of the molecule is CC[C@H](C)[C@@H](C(=O)OCC(=O)Nc1ccc(CC#N)cc1)c1ccccc1. The zero-order valence-corrected chi connectivity index (χ0v) is 15.6. The summed E-state index contributed by atoms with van der Waals surface area (Å²) in [6.45, 7) is 3.69. The maximum absolute atomic E-state index is 12.6. The van der Waals surface area contributed by atoms with Gasteiger partial charge in [0.15, 0.2) is 6.61 Å². The summed E-state index contributed by atoms with van der Waals surface area (Å²) < 4.78 is 5.28. The minimum absolute atomic E-state index is 0.107. The monoisotopic (exact) mass is 364 g/mol. The van der Waals surface area contributed by atoms with E-state index in [4.69, 9.17) is 10.00 Å². The van der Waals surface area contributed by atoms with Gasteiger partial charge in [0.05, 0.1) is 18.4 Å². The minimum atomic E-state index is -0.396. The number of esters is 1. The summed E-state index contributed by atoms with van der Waals surface area (Å²) in [6, 6.07) is 18.6. The molecule has 2 aromatic carbocycles. The van der Waals surface area contributed by atoms with Crippen molar-refractivity contribution in [3.05, 3.63) is 65.7 Å². The van der Waals surface area contributed by atoms with Crippen LogP contribution in [0.4, 0.5) is 5.69 Å². The number of ether oxygens (including phenoxy) is 1. The lowest BCUT2D eigenvalue weighted by molar-refractivity contribution is -0.150. The lowest BCUT2D eigenvalue weighted by Crippen LogP contribution is -2.26. The van der Waals surface area contributed by atoms with Crippen LogP contribution in [-0.2, 0) is 20.7 Å². The van der Waals surface area contributed by atoms with Crippen LogP contribution in [0.3, 0.4) is 0 Å². The third kappa shape index (κ3) is 5.96. The molecule has 0 heterocycles. The van der Waals surface area contributed by atoms with Crippen LogP contribution < -0.4 is 5.32 Å². The fourth-order valence-electron chi connectivity index (χ4n) is 2.81. The third-order valence-electron chi connectivity index (χ3n) is 4.49. The molecule has 0 aliphatic heterocycles. The molecule has 140 valence electrons. The Bertz CT molecular complexity index is 795. The molecular weight excluding hydrogens is 340 g/mol. The van der Waals surface area contributed by atoms with E-state index in [0.29, 0.717) is 12.1 Å². The van der Waals surface area contributed by atoms with Crippen molar-refractivity contribution < 1.29 is 14.3 Å². The molecule has 0 aliphatic rings. The lowest BCUT2D eigenvalue weighted by atomic mass is 9.86. The van der Waals surface area contributed by atoms with Gasteiger partial charge in [-0.1, -0.05) is 62.7 Å². The van der Waals surface area contributed by atoms with Gasteiger partial charge < -0.3 is 10.1 Å². The van der Waals surface area contributed by atoms with E-state index >= 15 is 0 Å². The molecule has 1 N–H and O–H groups in total. The van der Waals surface area contributed by atoms with Crippen LogP contribution in [0.25, 0.3) is 0 Å². The number of nitrogens with one attached hydrogen (secondary N) is 1. The van der Waals surface area contributed by atoms with E-state index in [1.807, 2.05) is 44.2 Å². The van der Waals surface area contributed by atoms with Gasteiger partial charge >= 0.3 is 5.97 Å². The molecule has 0 unspecified atom stereocenters. The van der Waals surface area contributed by atoms with Crippen LogP contribution in [-0.4, -0.2) is 18.5 Å². The normalized spacial score (nSPS) is 12.5. The summed E-state index contributed by atoms with van der Waals surface area (Å²) >= 11 is 0. The van der Waals surface area contributed by atoms with E-state index in [1.165, 1.54) is 0 Å². The summed E-state index contributed by atoms with van der Waals surface area (Å²) in [7, 11) is 0. The van der Waals surface area contributed by atoms with Gasteiger partial charge in [-0.2, -0.15) is 5.26 Å². The highest BCUT2D eigenvalue weighted by atomic mass is 16.5. The zero-order chi connectivity index (χ0) is 19.6. The van der Waals surface area contributed by atoms with E-state index in [-0.39, 0.29) is 12.5 Å². The molecule has 0 saturated carbocycles. The lowest BCUT2D eigenvalue weighted by Gasteiger charge is -2.21. The first-order valence-electron chi connectivity index (χ1n) is 9.02. The zero-order valence-electron chi connectivity index (χ0n) is 15.6. The molecule has 2 rings (SSSR count). The first kappa shape index (κ1) is 20.2. The van der Waals surface area contributed by atoms with Gasteiger partial charge in [0, 0.05) is 5.69 Å². The highest BCUT2D eigenvalue weighted by molar-refractivity contribution is 5.93. The van der Waals surface area contributed by atoms with Gasteiger partial charge in [-0.05, 0) is 29.2 Å². The second kappa shape index (κ2) is 10.1. The smallest absolute Gasteiger partial charge is 0.314 e. The van der Waals surface area contributed by atoms with E-state index < -0.39 is 17.8 Å². The molecule has 5 heteroatoms. The van der Waals surface area contributed by atoms with Crippen LogP contribution in [0.1, 0.15) is 37.3 Å². The highest BCUT2D eigenvalue weighted by Gasteiger charge is 2.27. The minimum Gasteiger partial charge on any atom is -0.455 e. The Balaban J connectivity index is 1.94. The Hall–Kier alpha value is -3.13. The summed E-state index contributed by atoms with van der Waals surface area (Å²) in [5, 5.41) is 11.4. The summed E-state index contributed by atoms with van der Waals surface area (Å²) in [5.74, 6) is -1.08. The molecule has 0 fully saturated rings. The molecule has 0 spiro atoms. The third-order valence-corrected chi connectivity index (χ3v) is 4.49. The molecule has 0 aromatic heterocycles. The van der Waals surface area contributed by atoms with Crippen molar-refractivity contribution >= 4 is 17.6 Å². The predicted molar refractivity (Wildman–Crippen MR) is 104 cm³/mol. The van der Waals surface area contributed by atoms with Gasteiger partial charge in [0.2, 0.25) is 0 Å². The maximum Gasteiger partial charge on any atom is 0.314 e. The van der Waals surface area contributed by atoms with Gasteiger partial charge in [-0.15, -0.1) is 0 Å². The van der Waals surface area contributed by atoms with Crippen molar-refractivity contribution in [1.29, 1.82) is 5.26 Å². The van der Waals surface area contributed by atoms with Crippen molar-refractivity contribution in [1.82, 2.24) is 0 Å². The van der Waals surface area contributed by atoms with Crippen molar-refractivity contribution in [2.24, 2.45) is 5.92 Å². The molecule has 2 aromatic rings. The second-order valence-corrected chi connectivity index (χ2v) is 6.46. The number of carbonyl (C=O) groups is 2. The van der Waals surface area contributed by atoms with Gasteiger partial charge in [-0.25, -0.2) is 0 Å². The first-order valence-corrected chi connectivity index (χ1v) is 9.02. The Labute approximate surface area is 160 Å². The van der Waals surface area contributed by atoms with Gasteiger partial charge in [0.1, 0.15) is 0 Å². The Morgan fingerprint density at radius 2 is 1.78 bits per heavy atom. The topological polar surface area (TPSA) is 79.2 Å². The Kier molecular flexibility index (Phi) is 7.57. The van der Waals surface area contributed by atoms with Gasteiger partial charge in [0.25, 0.3) is 5.91 Å². The fourth-order valence-corrected chi connectivity index (χ4v) is 2.81. The summed E-state index contributed by atoms with van der Waals surface area (Å²) in [6.07, 6.45) is 1.15. The van der Waals surface area contributed by atoms with Crippen LogP contribution >= 0.6 is 0 Å². The molecule has 0 radical (unpaired) electrons. The van der Waals surface area contributed by atoms with Gasteiger partial charge in [-0.3, -0.25) is 9.59 Å². The second-order valence-electron chi connectivity index (χ2n) is 6.46. The number of nitrogens with zero attached hydrogens (tertiary/aromatic N) is 1. The number of hydrogen-bond donors (Lipinski definition) is 1. The van der Waals surface area contributed by atoms with E-state index in [1.54, 1.807) is 24.3 Å². The van der Waals surface area contributed by atoms with Crippen molar-refractivity contribution in [3.63, 3.8) is 0 Å². The van der Waals surface area contributed by atoms with E-state index in [2.05, 4.69) is 11.4 Å². The maximum atomic E-state index is 12.6. The summed E-state index contributed by atoms with van der Waals surface area (Å²) in [5.41, 5.74) is 2.37. The molecule has 1 amide bonds. The van der Waals surface area contributed by atoms with E-state index in [0.717, 1.165) is 17.5 Å². The van der Waals surface area contributed by atoms with Crippen LogP contribution in [0, 0.1) is 17.2 Å². The Morgan fingerprint density at radius 1 is 1.11 bits per heavy atom. The number of carbonyl (C=O) groups excluding carboxylic acids is 2. The molecule has 27 heavy (non-hydrogen) atoms. The van der Waals surface area contributed by atoms with Crippen molar-refractivity contribution in [2.75, 3.05) is 11.9 Å².